The zero-order valence-electron chi connectivity index (χ0n) is 19.9. The number of rotatable bonds is 8. The predicted molar refractivity (Wildman–Crippen MR) is 137 cm³/mol. The van der Waals surface area contributed by atoms with E-state index in [1.807, 2.05) is 13.0 Å². The number of nitrogens with zero attached hydrogens (tertiary/aromatic N) is 2. The van der Waals surface area contributed by atoms with Crippen LogP contribution in [0.15, 0.2) is 64.6 Å². The third-order valence-electron chi connectivity index (χ3n) is 5.01. The number of hydrogen-bond acceptors (Lipinski definition) is 6. The first-order valence-corrected chi connectivity index (χ1v) is 11.7. The maximum absolute atomic E-state index is 13.0. The molecule has 12 heteroatoms. The lowest BCUT2D eigenvalue weighted by Gasteiger charge is -2.15. The van der Waals surface area contributed by atoms with Gasteiger partial charge in [0.1, 0.15) is 11.6 Å². The van der Waals surface area contributed by atoms with E-state index in [4.69, 9.17) is 9.47 Å². The third kappa shape index (κ3) is 6.89. The van der Waals surface area contributed by atoms with Gasteiger partial charge in [0.05, 0.1) is 21.6 Å². The number of carbonyl (C=O) groups is 1. The lowest BCUT2D eigenvalue weighted by molar-refractivity contribution is -0.385. The molecular formula is C26H19BrF3N3O5. The summed E-state index contributed by atoms with van der Waals surface area (Å²) in [5.41, 5.74) is -0.458. The van der Waals surface area contributed by atoms with Crippen molar-refractivity contribution in [1.29, 1.82) is 5.26 Å². The van der Waals surface area contributed by atoms with Crippen molar-refractivity contribution in [2.24, 2.45) is 0 Å². The van der Waals surface area contributed by atoms with E-state index in [0.717, 1.165) is 11.6 Å². The number of nitrogens with one attached hydrogen (secondary N) is 1. The Morgan fingerprint density at radius 3 is 2.42 bits per heavy atom. The van der Waals surface area contributed by atoms with Crippen molar-refractivity contribution in [2.45, 2.75) is 20.0 Å². The number of nitro groups is 1. The van der Waals surface area contributed by atoms with Gasteiger partial charge in [0.25, 0.3) is 5.91 Å². The first-order chi connectivity index (χ1) is 17.9. The molecule has 38 heavy (non-hydrogen) atoms. The van der Waals surface area contributed by atoms with Crippen LogP contribution in [-0.4, -0.2) is 17.4 Å². The van der Waals surface area contributed by atoms with Gasteiger partial charge in [-0.1, -0.05) is 17.7 Å². The number of carbonyl (C=O) groups excluding carboxylic acids is 1. The number of ether oxygens (including phenoxy) is 2. The molecule has 0 unspecified atom stereocenters. The molecule has 3 aromatic carbocycles. The Balaban J connectivity index is 1.97. The highest BCUT2D eigenvalue weighted by atomic mass is 79.9. The van der Waals surface area contributed by atoms with E-state index in [9.17, 15) is 33.3 Å². The van der Waals surface area contributed by atoms with Gasteiger partial charge in [-0.3, -0.25) is 14.9 Å². The summed E-state index contributed by atoms with van der Waals surface area (Å²) >= 11 is 3.28. The summed E-state index contributed by atoms with van der Waals surface area (Å²) in [6.45, 7) is 3.70. The molecule has 3 aromatic rings. The molecule has 0 fully saturated rings. The zero-order valence-corrected chi connectivity index (χ0v) is 21.5. The topological polar surface area (TPSA) is 114 Å². The fourth-order valence-corrected chi connectivity index (χ4v) is 3.76. The van der Waals surface area contributed by atoms with Crippen LogP contribution in [0, 0.1) is 28.4 Å². The molecule has 0 spiro atoms. The fraction of sp³-hybridized carbons (Fsp3) is 0.154. The monoisotopic (exact) mass is 589 g/mol. The minimum atomic E-state index is -4.78. The number of benzene rings is 3. The molecule has 0 radical (unpaired) electrons. The van der Waals surface area contributed by atoms with Crippen LogP contribution in [0.25, 0.3) is 6.08 Å². The van der Waals surface area contributed by atoms with E-state index in [-0.39, 0.29) is 28.2 Å². The summed E-state index contributed by atoms with van der Waals surface area (Å²) in [5.74, 6) is -1.07. The molecule has 0 aliphatic heterocycles. The molecule has 0 heterocycles. The number of amides is 1. The van der Waals surface area contributed by atoms with Crippen molar-refractivity contribution in [3.05, 3.63) is 91.4 Å². The maximum Gasteiger partial charge on any atom is 0.416 e. The van der Waals surface area contributed by atoms with Crippen molar-refractivity contribution < 1.29 is 32.4 Å². The number of nitro benzene ring substituents is 1. The van der Waals surface area contributed by atoms with Crippen LogP contribution < -0.4 is 14.8 Å². The van der Waals surface area contributed by atoms with Crippen molar-refractivity contribution in [3.8, 4) is 23.3 Å². The fourth-order valence-electron chi connectivity index (χ4n) is 3.22. The van der Waals surface area contributed by atoms with Gasteiger partial charge >= 0.3 is 11.9 Å². The van der Waals surface area contributed by atoms with Crippen molar-refractivity contribution in [2.75, 3.05) is 11.9 Å². The van der Waals surface area contributed by atoms with Crippen molar-refractivity contribution in [1.82, 2.24) is 0 Å². The largest absolute Gasteiger partial charge is 0.490 e. The number of aryl methyl sites for hydroxylation is 1. The smallest absolute Gasteiger partial charge is 0.416 e. The Labute approximate surface area is 223 Å². The number of hydrogen-bond donors (Lipinski definition) is 1. The highest BCUT2D eigenvalue weighted by Gasteiger charge is 2.33. The summed E-state index contributed by atoms with van der Waals surface area (Å²) in [7, 11) is 0. The first kappa shape index (κ1) is 28.2. The molecule has 0 aliphatic rings. The van der Waals surface area contributed by atoms with Gasteiger partial charge in [-0.2, -0.15) is 18.4 Å². The second kappa shape index (κ2) is 11.8. The molecule has 0 atom stereocenters. The van der Waals surface area contributed by atoms with Gasteiger partial charge in [-0.25, -0.2) is 0 Å². The van der Waals surface area contributed by atoms with Crippen LogP contribution in [0.3, 0.4) is 0 Å². The predicted octanol–water partition coefficient (Wildman–Crippen LogP) is 7.42. The minimum absolute atomic E-state index is 0.0468. The number of alkyl halides is 3. The summed E-state index contributed by atoms with van der Waals surface area (Å²) < 4.78 is 50.5. The molecule has 0 saturated carbocycles. The maximum atomic E-state index is 13.0. The van der Waals surface area contributed by atoms with Crippen LogP contribution in [0.5, 0.6) is 17.2 Å². The zero-order chi connectivity index (χ0) is 28.0. The molecule has 3 rings (SSSR count). The lowest BCUT2D eigenvalue weighted by Crippen LogP contribution is -2.13. The molecular weight excluding hydrogens is 571 g/mol. The highest BCUT2D eigenvalue weighted by Crippen LogP contribution is 2.44. The molecule has 0 saturated heterocycles. The molecule has 1 N–H and O–H groups in total. The molecule has 0 aromatic heterocycles. The van der Waals surface area contributed by atoms with Gasteiger partial charge in [0.15, 0.2) is 11.5 Å². The highest BCUT2D eigenvalue weighted by molar-refractivity contribution is 9.10. The quantitative estimate of drug-likeness (QED) is 0.126. The Hall–Kier alpha value is -4.37. The van der Waals surface area contributed by atoms with E-state index in [2.05, 4.69) is 21.2 Å². The average Bonchev–Trinajstić information content (AvgIpc) is 2.85. The van der Waals surface area contributed by atoms with Crippen LogP contribution in [0.4, 0.5) is 24.5 Å². The summed E-state index contributed by atoms with van der Waals surface area (Å²) in [4.78, 5) is 23.1. The Kier molecular flexibility index (Phi) is 8.75. The van der Waals surface area contributed by atoms with E-state index >= 15 is 0 Å². The second-order valence-corrected chi connectivity index (χ2v) is 8.65. The van der Waals surface area contributed by atoms with Crippen molar-refractivity contribution >= 4 is 39.3 Å². The minimum Gasteiger partial charge on any atom is -0.490 e. The number of anilines is 1. The molecule has 0 bridgehead atoms. The average molecular weight is 590 g/mol. The molecule has 8 nitrogen and oxygen atoms in total. The number of nitriles is 1. The van der Waals surface area contributed by atoms with Crippen LogP contribution in [0.2, 0.25) is 0 Å². The molecule has 196 valence electrons. The Bertz CT molecular complexity index is 1450. The van der Waals surface area contributed by atoms with Gasteiger partial charge in [-0.05, 0) is 77.8 Å². The van der Waals surface area contributed by atoms with E-state index < -0.39 is 34.0 Å². The van der Waals surface area contributed by atoms with Crippen LogP contribution >= 0.6 is 15.9 Å². The van der Waals surface area contributed by atoms with Crippen molar-refractivity contribution in [3.63, 3.8) is 0 Å². The summed E-state index contributed by atoms with van der Waals surface area (Å²) in [5, 5.41) is 23.6. The van der Waals surface area contributed by atoms with Gasteiger partial charge in [0.2, 0.25) is 5.75 Å². The molecule has 0 aliphatic carbocycles. The number of halogens is 4. The van der Waals surface area contributed by atoms with Crippen LogP contribution in [-0.2, 0) is 11.0 Å². The van der Waals surface area contributed by atoms with Gasteiger partial charge < -0.3 is 14.8 Å². The Morgan fingerprint density at radius 1 is 1.16 bits per heavy atom. The SMILES string of the molecule is CCOc1cc(/C=C(\C#N)C(=O)Nc2ccc(C)cc2)cc(Br)c1Oc1ccc(C(F)(F)F)cc1[N+](=O)[O-]. The van der Waals surface area contributed by atoms with E-state index in [0.29, 0.717) is 23.4 Å². The second-order valence-electron chi connectivity index (χ2n) is 7.79. The van der Waals surface area contributed by atoms with E-state index in [1.165, 1.54) is 18.2 Å². The Morgan fingerprint density at radius 2 is 1.84 bits per heavy atom. The summed E-state index contributed by atoms with van der Waals surface area (Å²) in [6, 6.07) is 13.6. The molecule has 1 amide bonds. The van der Waals surface area contributed by atoms with E-state index in [1.54, 1.807) is 31.2 Å². The first-order valence-electron chi connectivity index (χ1n) is 10.9. The normalized spacial score (nSPS) is 11.4. The van der Waals surface area contributed by atoms with Gasteiger partial charge in [-0.15, -0.1) is 0 Å². The standard InChI is InChI=1S/C26H19BrF3N3O5/c1-3-37-23-12-16(10-17(14-31)25(34)32-19-7-4-15(2)5-8-19)11-20(27)24(23)38-22-9-6-18(26(28,29)30)13-21(22)33(35)36/h4-13H,3H2,1-2H3,(H,32,34)/b17-10+. The van der Waals surface area contributed by atoms with Crippen LogP contribution in [0.1, 0.15) is 23.6 Å². The third-order valence-corrected chi connectivity index (χ3v) is 5.60. The summed E-state index contributed by atoms with van der Waals surface area (Å²) in [6.07, 6.45) is -3.47. The lowest BCUT2D eigenvalue weighted by atomic mass is 10.1. The van der Waals surface area contributed by atoms with Gasteiger partial charge in [0, 0.05) is 11.8 Å².